The molecule has 3 atom stereocenters. The van der Waals surface area contributed by atoms with E-state index in [-0.39, 0.29) is 42.0 Å². The number of unbranched alkanes of at least 4 members (excludes halogenated alkanes) is 1. The lowest BCUT2D eigenvalue weighted by atomic mass is 10.0. The van der Waals surface area contributed by atoms with Crippen molar-refractivity contribution in [3.05, 3.63) is 60.3 Å². The van der Waals surface area contributed by atoms with Crippen molar-refractivity contribution >= 4 is 60.0 Å². The minimum absolute atomic E-state index is 0.0586. The molecule has 2 fully saturated rings. The summed E-state index contributed by atoms with van der Waals surface area (Å²) in [5, 5.41) is 19.5. The molecule has 0 radical (unpaired) electrons. The van der Waals surface area contributed by atoms with Gasteiger partial charge in [-0.2, -0.15) is 16.1 Å². The molecule has 1 aromatic heterocycles. The van der Waals surface area contributed by atoms with Crippen molar-refractivity contribution in [3.8, 4) is 0 Å². The number of hydrogen-bond donors (Lipinski definition) is 3. The van der Waals surface area contributed by atoms with Crippen molar-refractivity contribution in [3.63, 3.8) is 0 Å². The maximum atomic E-state index is 14.1. The van der Waals surface area contributed by atoms with Crippen molar-refractivity contribution in [1.82, 2.24) is 35.2 Å². The van der Waals surface area contributed by atoms with Crippen LogP contribution in [0.4, 0.5) is 10.5 Å². The number of rotatable bonds is 17. The first-order valence-electron chi connectivity index (χ1n) is 15.8. The molecular weight excluding hydrogens is 677 g/mol. The molecule has 14 nitrogen and oxygen atoms in total. The molecule has 3 N–H and O–H groups in total. The second-order valence-corrected chi connectivity index (χ2v) is 17.3. The maximum absolute atomic E-state index is 14.1. The minimum atomic E-state index is -4.18. The predicted molar refractivity (Wildman–Crippen MR) is 187 cm³/mol. The summed E-state index contributed by atoms with van der Waals surface area (Å²) in [4.78, 5) is 25.9. The molecule has 0 bridgehead atoms. The number of thioether (sulfide) groups is 1. The van der Waals surface area contributed by atoms with Gasteiger partial charge in [-0.25, -0.2) is 21.6 Å². The lowest BCUT2D eigenvalue weighted by Gasteiger charge is -2.23. The van der Waals surface area contributed by atoms with E-state index < -0.39 is 25.6 Å². The van der Waals surface area contributed by atoms with Crippen LogP contribution >= 0.6 is 11.8 Å². The van der Waals surface area contributed by atoms with E-state index in [1.807, 2.05) is 42.9 Å². The number of nitrogens with one attached hydrogen (secondary N) is 3. The Balaban J connectivity index is 1.17. The number of carbonyl (C=O) groups is 2. The van der Waals surface area contributed by atoms with Gasteiger partial charge in [0.15, 0.2) is 9.84 Å². The molecule has 260 valence electrons. The van der Waals surface area contributed by atoms with Crippen LogP contribution in [-0.2, 0) is 37.7 Å². The standard InChI is InChI=1S/C31H42N8O6S3/c1-4-47(42,43)18-17-39(48(44,45)28-13-8-9-23-24(28)10-7-11-26(23)37(2)3)20-22-19-38(36-35-22)16-15-32-29(40)14-6-5-12-27-30-25(21-46-27)33-31(41)34-30/h4,7-11,13,19,25,27,30H,1,5-6,12,14-18,20-21H2,2-3H3,(H,32,40)(H2,33,34,41). The number of carbonyl (C=O) groups excluding carboxylic acids is 2. The van der Waals surface area contributed by atoms with Crippen LogP contribution in [0.1, 0.15) is 31.4 Å². The van der Waals surface area contributed by atoms with Gasteiger partial charge in [0.25, 0.3) is 0 Å². The summed E-state index contributed by atoms with van der Waals surface area (Å²) in [6, 6.07) is 10.7. The normalized spacial score (nSPS) is 19.2. The number of sulfone groups is 1. The van der Waals surface area contributed by atoms with E-state index in [0.717, 1.165) is 45.8 Å². The van der Waals surface area contributed by atoms with Gasteiger partial charge in [-0.05, 0) is 25.0 Å². The van der Waals surface area contributed by atoms with Gasteiger partial charge in [-0.15, -0.1) is 5.10 Å². The zero-order chi connectivity index (χ0) is 34.5. The van der Waals surface area contributed by atoms with Crippen LogP contribution in [0, 0.1) is 0 Å². The number of nitrogens with zero attached hydrogens (tertiary/aromatic N) is 5. The number of urea groups is 1. The third kappa shape index (κ3) is 8.48. The highest BCUT2D eigenvalue weighted by atomic mass is 32.2. The molecule has 0 saturated carbocycles. The summed E-state index contributed by atoms with van der Waals surface area (Å²) in [7, 11) is -4.12. The van der Waals surface area contributed by atoms with E-state index in [4.69, 9.17) is 0 Å². The van der Waals surface area contributed by atoms with Crippen LogP contribution in [0.25, 0.3) is 10.8 Å². The molecule has 3 unspecified atom stereocenters. The van der Waals surface area contributed by atoms with Crippen molar-refractivity contribution in [2.24, 2.45) is 0 Å². The zero-order valence-corrected chi connectivity index (χ0v) is 29.5. The van der Waals surface area contributed by atoms with Crippen molar-refractivity contribution in [2.45, 2.75) is 61.0 Å². The molecule has 0 aliphatic carbocycles. The van der Waals surface area contributed by atoms with Gasteiger partial charge in [-0.1, -0.05) is 42.5 Å². The van der Waals surface area contributed by atoms with E-state index in [1.165, 1.54) is 10.7 Å². The molecule has 3 aromatic rings. The summed E-state index contributed by atoms with van der Waals surface area (Å²) in [5.74, 6) is 0.389. The molecule has 48 heavy (non-hydrogen) atoms. The Labute approximate surface area is 285 Å². The molecule has 2 saturated heterocycles. The monoisotopic (exact) mass is 718 g/mol. The van der Waals surface area contributed by atoms with Crippen LogP contribution < -0.4 is 20.9 Å². The first-order chi connectivity index (χ1) is 22.9. The largest absolute Gasteiger partial charge is 0.377 e. The number of anilines is 1. The first kappa shape index (κ1) is 35.6. The topological polar surface area (TPSA) is 176 Å². The third-order valence-electron chi connectivity index (χ3n) is 8.51. The van der Waals surface area contributed by atoms with Crippen molar-refractivity contribution < 1.29 is 26.4 Å². The van der Waals surface area contributed by atoms with Gasteiger partial charge in [0.05, 0.1) is 41.5 Å². The van der Waals surface area contributed by atoms with Crippen LogP contribution in [0.3, 0.4) is 0 Å². The number of sulfonamides is 1. The van der Waals surface area contributed by atoms with E-state index >= 15 is 0 Å². The summed E-state index contributed by atoms with van der Waals surface area (Å²) in [6.45, 7) is 3.46. The molecule has 5 rings (SSSR count). The second-order valence-electron chi connectivity index (χ2n) is 12.1. The summed E-state index contributed by atoms with van der Waals surface area (Å²) in [5.41, 5.74) is 1.18. The zero-order valence-electron chi connectivity index (χ0n) is 27.0. The molecule has 3 heterocycles. The molecule has 2 aliphatic heterocycles. The Kier molecular flexibility index (Phi) is 11.3. The van der Waals surface area contributed by atoms with Gasteiger partial charge in [0.1, 0.15) is 0 Å². The predicted octanol–water partition coefficient (Wildman–Crippen LogP) is 2.09. The first-order valence-corrected chi connectivity index (χ1v) is 20.0. The lowest BCUT2D eigenvalue weighted by molar-refractivity contribution is -0.121. The number of fused-ring (bicyclic) bond motifs is 2. The number of hydrogen-bond acceptors (Lipinski definition) is 10. The fourth-order valence-corrected chi connectivity index (χ4v) is 9.91. The molecule has 2 aliphatic rings. The van der Waals surface area contributed by atoms with Gasteiger partial charge in [-0.3, -0.25) is 9.48 Å². The Morgan fingerprint density at radius 3 is 2.67 bits per heavy atom. The molecular formula is C31H42N8O6S3. The highest BCUT2D eigenvalue weighted by molar-refractivity contribution is 8.00. The Hall–Kier alpha value is -3.67. The van der Waals surface area contributed by atoms with Crippen LogP contribution in [-0.4, -0.2) is 104 Å². The molecule has 2 aromatic carbocycles. The lowest BCUT2D eigenvalue weighted by Crippen LogP contribution is -2.36. The quantitative estimate of drug-likeness (QED) is 0.139. The van der Waals surface area contributed by atoms with Crippen molar-refractivity contribution in [1.29, 1.82) is 0 Å². The van der Waals surface area contributed by atoms with Crippen LogP contribution in [0.2, 0.25) is 0 Å². The molecule has 17 heteroatoms. The second kappa shape index (κ2) is 15.3. The fourth-order valence-electron chi connectivity index (χ4n) is 5.99. The van der Waals surface area contributed by atoms with E-state index in [9.17, 15) is 26.4 Å². The smallest absolute Gasteiger partial charge is 0.315 e. The third-order valence-corrected chi connectivity index (χ3v) is 13.2. The van der Waals surface area contributed by atoms with E-state index in [1.54, 1.807) is 24.4 Å². The highest BCUT2D eigenvalue weighted by Crippen LogP contribution is 2.34. The van der Waals surface area contributed by atoms with Gasteiger partial charge >= 0.3 is 6.03 Å². The Morgan fingerprint density at radius 2 is 1.90 bits per heavy atom. The summed E-state index contributed by atoms with van der Waals surface area (Å²) in [6.07, 6.45) is 4.55. The average Bonchev–Trinajstić information content (AvgIpc) is 3.76. The number of aromatic nitrogens is 3. The summed E-state index contributed by atoms with van der Waals surface area (Å²) >= 11 is 1.86. The van der Waals surface area contributed by atoms with Crippen LogP contribution in [0.15, 0.2) is 59.5 Å². The highest BCUT2D eigenvalue weighted by Gasteiger charge is 2.42. The number of benzene rings is 2. The number of amides is 3. The SMILES string of the molecule is C=CS(=O)(=O)CCN(Cc1cn(CCNC(=O)CCCCC2SCC3NC(=O)NC32)nn1)S(=O)(=O)c1cccc2c(N(C)C)cccc12. The van der Waals surface area contributed by atoms with E-state index in [0.29, 0.717) is 35.8 Å². The average molecular weight is 719 g/mol. The molecule has 3 amide bonds. The Morgan fingerprint density at radius 1 is 1.12 bits per heavy atom. The van der Waals surface area contributed by atoms with Crippen LogP contribution in [0.5, 0.6) is 0 Å². The minimum Gasteiger partial charge on any atom is -0.377 e. The fraction of sp³-hybridized carbons (Fsp3) is 0.484. The molecule has 0 spiro atoms. The van der Waals surface area contributed by atoms with Gasteiger partial charge in [0.2, 0.25) is 15.9 Å². The maximum Gasteiger partial charge on any atom is 0.315 e. The van der Waals surface area contributed by atoms with Crippen molar-refractivity contribution in [2.75, 3.05) is 43.6 Å². The van der Waals surface area contributed by atoms with E-state index in [2.05, 4.69) is 32.8 Å². The summed E-state index contributed by atoms with van der Waals surface area (Å²) < 4.78 is 55.4. The van der Waals surface area contributed by atoms with Gasteiger partial charge in [0, 0.05) is 72.7 Å². The Bertz CT molecular complexity index is 1860. The van der Waals surface area contributed by atoms with Gasteiger partial charge < -0.3 is 20.9 Å².